The molecule has 1 atom stereocenters. The maximum Gasteiger partial charge on any atom is 0.0931 e. The number of thiophene rings is 1. The SMILES string of the molecule is CNCC1COCCN1Cc1ccc(Cl)s1. The van der Waals surface area contributed by atoms with Gasteiger partial charge in [0.05, 0.1) is 17.6 Å². The molecule has 16 heavy (non-hydrogen) atoms. The second-order valence-electron chi connectivity index (χ2n) is 3.96. The van der Waals surface area contributed by atoms with Crippen molar-refractivity contribution in [1.82, 2.24) is 10.2 Å². The van der Waals surface area contributed by atoms with Crippen LogP contribution in [-0.4, -0.2) is 44.3 Å². The lowest BCUT2D eigenvalue weighted by atomic mass is 10.2. The molecule has 1 aromatic rings. The highest BCUT2D eigenvalue weighted by molar-refractivity contribution is 7.16. The molecule has 3 nitrogen and oxygen atoms in total. The molecule has 1 aliphatic heterocycles. The van der Waals surface area contributed by atoms with Crippen molar-refractivity contribution in [3.05, 3.63) is 21.3 Å². The predicted molar refractivity (Wildman–Crippen MR) is 68.3 cm³/mol. The average Bonchev–Trinajstić information content (AvgIpc) is 2.67. The van der Waals surface area contributed by atoms with E-state index in [-0.39, 0.29) is 0 Å². The van der Waals surface area contributed by atoms with E-state index in [1.165, 1.54) is 4.88 Å². The summed E-state index contributed by atoms with van der Waals surface area (Å²) in [5.74, 6) is 0. The topological polar surface area (TPSA) is 24.5 Å². The molecule has 2 rings (SSSR count). The zero-order valence-corrected chi connectivity index (χ0v) is 11.0. The Morgan fingerprint density at radius 3 is 3.19 bits per heavy atom. The van der Waals surface area contributed by atoms with Gasteiger partial charge in [0.2, 0.25) is 0 Å². The number of halogens is 1. The molecule has 0 amide bonds. The third kappa shape index (κ3) is 3.18. The summed E-state index contributed by atoms with van der Waals surface area (Å²) in [4.78, 5) is 3.79. The van der Waals surface area contributed by atoms with Crippen LogP contribution in [0.3, 0.4) is 0 Å². The van der Waals surface area contributed by atoms with Crippen molar-refractivity contribution in [2.45, 2.75) is 12.6 Å². The third-order valence-electron chi connectivity index (χ3n) is 2.78. The van der Waals surface area contributed by atoms with Crippen LogP contribution >= 0.6 is 22.9 Å². The third-order valence-corrected chi connectivity index (χ3v) is 3.99. The molecule has 0 spiro atoms. The van der Waals surface area contributed by atoms with Crippen LogP contribution in [0.1, 0.15) is 4.88 Å². The van der Waals surface area contributed by atoms with Gasteiger partial charge in [0.25, 0.3) is 0 Å². The summed E-state index contributed by atoms with van der Waals surface area (Å²) >= 11 is 7.60. The van der Waals surface area contributed by atoms with Gasteiger partial charge < -0.3 is 10.1 Å². The normalized spacial score (nSPS) is 22.5. The molecule has 0 aliphatic carbocycles. The van der Waals surface area contributed by atoms with E-state index < -0.39 is 0 Å². The Morgan fingerprint density at radius 2 is 2.50 bits per heavy atom. The Labute approximate surface area is 105 Å². The molecule has 1 aromatic heterocycles. The molecule has 1 saturated heterocycles. The number of rotatable bonds is 4. The summed E-state index contributed by atoms with van der Waals surface area (Å²) in [6.45, 7) is 4.60. The Bertz CT molecular complexity index is 330. The van der Waals surface area contributed by atoms with Gasteiger partial charge in [0.1, 0.15) is 0 Å². The molecule has 90 valence electrons. The van der Waals surface area contributed by atoms with Gasteiger partial charge >= 0.3 is 0 Å². The molecule has 0 bridgehead atoms. The summed E-state index contributed by atoms with van der Waals surface area (Å²) in [7, 11) is 1.98. The number of hydrogen-bond donors (Lipinski definition) is 1. The fourth-order valence-corrected chi connectivity index (χ4v) is 3.07. The summed E-state index contributed by atoms with van der Waals surface area (Å²) in [6.07, 6.45) is 0. The summed E-state index contributed by atoms with van der Waals surface area (Å²) in [6, 6.07) is 4.55. The Morgan fingerprint density at radius 1 is 1.62 bits per heavy atom. The van der Waals surface area contributed by atoms with Crippen molar-refractivity contribution >= 4 is 22.9 Å². The van der Waals surface area contributed by atoms with Crippen molar-refractivity contribution in [2.75, 3.05) is 33.4 Å². The van der Waals surface area contributed by atoms with Crippen LogP contribution in [0.15, 0.2) is 12.1 Å². The van der Waals surface area contributed by atoms with Gasteiger partial charge in [-0.25, -0.2) is 0 Å². The van der Waals surface area contributed by atoms with Gasteiger partial charge in [-0.15, -0.1) is 11.3 Å². The van der Waals surface area contributed by atoms with Gasteiger partial charge in [0, 0.05) is 30.6 Å². The van der Waals surface area contributed by atoms with Crippen molar-refractivity contribution < 1.29 is 4.74 Å². The van der Waals surface area contributed by atoms with E-state index in [4.69, 9.17) is 16.3 Å². The molecule has 1 aliphatic rings. The molecule has 1 fully saturated rings. The fraction of sp³-hybridized carbons (Fsp3) is 0.636. The zero-order valence-electron chi connectivity index (χ0n) is 9.41. The standard InChI is InChI=1S/C11H17ClN2OS/c1-13-6-9-8-15-5-4-14(9)7-10-2-3-11(12)16-10/h2-3,9,13H,4-8H2,1H3. The lowest BCUT2D eigenvalue weighted by Crippen LogP contribution is -2.49. The first-order valence-corrected chi connectivity index (χ1v) is 6.69. The van der Waals surface area contributed by atoms with Gasteiger partial charge in [-0.1, -0.05) is 11.6 Å². The van der Waals surface area contributed by atoms with Crippen molar-refractivity contribution in [1.29, 1.82) is 0 Å². The maximum atomic E-state index is 5.94. The summed E-state index contributed by atoms with van der Waals surface area (Å²) in [5, 5.41) is 3.21. The Kier molecular flexibility index (Phi) is 4.61. The molecule has 0 aromatic carbocycles. The molecular formula is C11H17ClN2OS. The molecule has 0 radical (unpaired) electrons. The number of nitrogens with one attached hydrogen (secondary N) is 1. The van der Waals surface area contributed by atoms with Crippen LogP contribution in [0.25, 0.3) is 0 Å². The van der Waals surface area contributed by atoms with E-state index in [0.29, 0.717) is 6.04 Å². The highest BCUT2D eigenvalue weighted by Gasteiger charge is 2.22. The molecule has 1 N–H and O–H groups in total. The minimum atomic E-state index is 0.472. The minimum absolute atomic E-state index is 0.472. The first kappa shape index (κ1) is 12.3. The number of hydrogen-bond acceptors (Lipinski definition) is 4. The lowest BCUT2D eigenvalue weighted by Gasteiger charge is -2.35. The highest BCUT2D eigenvalue weighted by Crippen LogP contribution is 2.23. The highest BCUT2D eigenvalue weighted by atomic mass is 35.5. The molecule has 5 heteroatoms. The monoisotopic (exact) mass is 260 g/mol. The molecule has 2 heterocycles. The lowest BCUT2D eigenvalue weighted by molar-refractivity contribution is -0.00983. The summed E-state index contributed by atoms with van der Waals surface area (Å²) in [5.41, 5.74) is 0. The largest absolute Gasteiger partial charge is 0.378 e. The van der Waals surface area contributed by atoms with Crippen LogP contribution < -0.4 is 5.32 Å². The van der Waals surface area contributed by atoms with E-state index >= 15 is 0 Å². The average molecular weight is 261 g/mol. The van der Waals surface area contributed by atoms with Crippen molar-refractivity contribution in [3.63, 3.8) is 0 Å². The molecular weight excluding hydrogens is 244 g/mol. The van der Waals surface area contributed by atoms with Crippen LogP contribution in [0.4, 0.5) is 0 Å². The Balaban J connectivity index is 1.95. The van der Waals surface area contributed by atoms with Crippen LogP contribution in [0.5, 0.6) is 0 Å². The number of likely N-dealkylation sites (N-methyl/N-ethyl adjacent to an activating group) is 1. The first-order valence-electron chi connectivity index (χ1n) is 5.50. The van der Waals surface area contributed by atoms with Crippen molar-refractivity contribution in [3.8, 4) is 0 Å². The quantitative estimate of drug-likeness (QED) is 0.894. The summed E-state index contributed by atoms with van der Waals surface area (Å²) < 4.78 is 6.37. The van der Waals surface area contributed by atoms with E-state index in [2.05, 4.69) is 16.3 Å². The van der Waals surface area contributed by atoms with E-state index in [0.717, 1.165) is 37.2 Å². The first-order chi connectivity index (χ1) is 7.79. The Hall–Kier alpha value is -0.130. The van der Waals surface area contributed by atoms with E-state index in [1.807, 2.05) is 13.1 Å². The predicted octanol–water partition coefficient (Wildman–Crippen LogP) is 1.82. The maximum absolute atomic E-state index is 5.94. The van der Waals surface area contributed by atoms with Crippen molar-refractivity contribution in [2.24, 2.45) is 0 Å². The number of ether oxygens (including phenoxy) is 1. The molecule has 0 saturated carbocycles. The van der Waals surface area contributed by atoms with Crippen LogP contribution in [0.2, 0.25) is 4.34 Å². The van der Waals surface area contributed by atoms with E-state index in [9.17, 15) is 0 Å². The van der Waals surface area contributed by atoms with Gasteiger partial charge in [-0.05, 0) is 19.2 Å². The minimum Gasteiger partial charge on any atom is -0.378 e. The second-order valence-corrected chi connectivity index (χ2v) is 5.76. The van der Waals surface area contributed by atoms with Crippen LogP contribution in [-0.2, 0) is 11.3 Å². The molecule has 1 unspecified atom stereocenters. The number of nitrogens with zero attached hydrogens (tertiary/aromatic N) is 1. The van der Waals surface area contributed by atoms with Gasteiger partial charge in [-0.2, -0.15) is 0 Å². The fourth-order valence-electron chi connectivity index (χ4n) is 1.96. The van der Waals surface area contributed by atoms with Gasteiger partial charge in [-0.3, -0.25) is 4.90 Å². The van der Waals surface area contributed by atoms with Gasteiger partial charge in [0.15, 0.2) is 0 Å². The second kappa shape index (κ2) is 5.98. The number of morpholine rings is 1. The van der Waals surface area contributed by atoms with Crippen LogP contribution in [0, 0.1) is 0 Å². The van der Waals surface area contributed by atoms with E-state index in [1.54, 1.807) is 11.3 Å². The zero-order chi connectivity index (χ0) is 11.4. The smallest absolute Gasteiger partial charge is 0.0931 e.